The lowest BCUT2D eigenvalue weighted by atomic mass is 9.97. The van der Waals surface area contributed by atoms with E-state index in [0.29, 0.717) is 25.3 Å². The van der Waals surface area contributed by atoms with Gasteiger partial charge in [-0.15, -0.1) is 0 Å². The number of hydrogen-bond donors (Lipinski definition) is 0. The van der Waals surface area contributed by atoms with Gasteiger partial charge < -0.3 is 14.4 Å². The molecule has 1 amide bonds. The van der Waals surface area contributed by atoms with Crippen molar-refractivity contribution in [2.45, 2.75) is 19.8 Å². The molecule has 114 valence electrons. The number of nitrogens with zero attached hydrogens (tertiary/aromatic N) is 1. The summed E-state index contributed by atoms with van der Waals surface area (Å²) >= 11 is 0. The third kappa shape index (κ3) is 3.74. The minimum Gasteiger partial charge on any atom is -0.497 e. The topological polar surface area (TPSA) is 55.8 Å². The Balaban J connectivity index is 2.02. The van der Waals surface area contributed by atoms with Crippen LogP contribution in [0, 0.1) is 5.92 Å². The summed E-state index contributed by atoms with van der Waals surface area (Å²) in [5.41, 5.74) is 0.611. The Labute approximate surface area is 124 Å². The van der Waals surface area contributed by atoms with Gasteiger partial charge in [0.25, 0.3) is 5.91 Å². The second-order valence-electron chi connectivity index (χ2n) is 5.07. The molecule has 1 fully saturated rings. The molecule has 1 heterocycles. The zero-order valence-corrected chi connectivity index (χ0v) is 12.5. The van der Waals surface area contributed by atoms with Crippen LogP contribution in [0.15, 0.2) is 24.3 Å². The van der Waals surface area contributed by atoms with Crippen molar-refractivity contribution >= 4 is 11.9 Å². The van der Waals surface area contributed by atoms with E-state index in [2.05, 4.69) is 0 Å². The molecule has 0 bridgehead atoms. The predicted octanol–water partition coefficient (Wildman–Crippen LogP) is 2.11. The van der Waals surface area contributed by atoms with E-state index in [9.17, 15) is 9.59 Å². The second kappa shape index (κ2) is 7.11. The first-order chi connectivity index (χ1) is 10.2. The van der Waals surface area contributed by atoms with Crippen LogP contribution in [0.3, 0.4) is 0 Å². The molecule has 5 heteroatoms. The normalized spacial score (nSPS) is 18.2. The summed E-state index contributed by atoms with van der Waals surface area (Å²) < 4.78 is 10.1. The van der Waals surface area contributed by atoms with Crippen molar-refractivity contribution in [1.29, 1.82) is 0 Å². The molecular weight excluding hydrogens is 270 g/mol. The molecule has 0 unspecified atom stereocenters. The average molecular weight is 291 g/mol. The fourth-order valence-corrected chi connectivity index (χ4v) is 2.53. The highest BCUT2D eigenvalue weighted by atomic mass is 16.5. The molecule has 0 aliphatic carbocycles. The van der Waals surface area contributed by atoms with Crippen LogP contribution in [0.25, 0.3) is 0 Å². The Morgan fingerprint density at radius 1 is 1.29 bits per heavy atom. The number of carbonyl (C=O) groups is 2. The number of likely N-dealkylation sites (tertiary alicyclic amines) is 1. The maximum Gasteiger partial charge on any atom is 0.310 e. The lowest BCUT2D eigenvalue weighted by Gasteiger charge is -2.31. The number of rotatable bonds is 4. The highest BCUT2D eigenvalue weighted by Gasteiger charge is 2.29. The smallest absolute Gasteiger partial charge is 0.310 e. The summed E-state index contributed by atoms with van der Waals surface area (Å²) in [6.45, 7) is 3.28. The second-order valence-corrected chi connectivity index (χ2v) is 5.07. The number of methoxy groups -OCH3 is 1. The van der Waals surface area contributed by atoms with Crippen LogP contribution in [-0.4, -0.2) is 43.6 Å². The summed E-state index contributed by atoms with van der Waals surface area (Å²) in [6.07, 6.45) is 1.61. The van der Waals surface area contributed by atoms with Crippen molar-refractivity contribution in [1.82, 2.24) is 4.90 Å². The number of esters is 1. The molecule has 0 radical (unpaired) electrons. The van der Waals surface area contributed by atoms with E-state index in [0.717, 1.165) is 18.6 Å². The van der Waals surface area contributed by atoms with Gasteiger partial charge in [-0.3, -0.25) is 9.59 Å². The molecule has 1 aliphatic rings. The summed E-state index contributed by atoms with van der Waals surface area (Å²) in [5.74, 6) is 0.256. The Hall–Kier alpha value is -2.04. The summed E-state index contributed by atoms with van der Waals surface area (Å²) in [4.78, 5) is 26.0. The first-order valence-corrected chi connectivity index (χ1v) is 7.25. The predicted molar refractivity (Wildman–Crippen MR) is 78.3 cm³/mol. The van der Waals surface area contributed by atoms with E-state index >= 15 is 0 Å². The average Bonchev–Trinajstić information content (AvgIpc) is 2.54. The highest BCUT2D eigenvalue weighted by Crippen LogP contribution is 2.21. The van der Waals surface area contributed by atoms with Gasteiger partial charge in [-0.05, 0) is 44.0 Å². The van der Waals surface area contributed by atoms with Crippen molar-refractivity contribution < 1.29 is 19.1 Å². The van der Waals surface area contributed by atoms with Gasteiger partial charge in [0.15, 0.2) is 0 Å². The van der Waals surface area contributed by atoms with E-state index in [1.807, 2.05) is 0 Å². The van der Waals surface area contributed by atoms with Crippen LogP contribution in [0.1, 0.15) is 30.1 Å². The van der Waals surface area contributed by atoms with E-state index in [4.69, 9.17) is 9.47 Å². The third-order valence-corrected chi connectivity index (χ3v) is 3.67. The zero-order valence-electron chi connectivity index (χ0n) is 12.5. The van der Waals surface area contributed by atoms with Gasteiger partial charge in [0, 0.05) is 18.7 Å². The highest BCUT2D eigenvalue weighted by molar-refractivity contribution is 5.94. The van der Waals surface area contributed by atoms with E-state index in [-0.39, 0.29) is 17.8 Å². The largest absolute Gasteiger partial charge is 0.497 e. The molecule has 0 spiro atoms. The van der Waals surface area contributed by atoms with Crippen LogP contribution in [0.2, 0.25) is 0 Å². The minimum atomic E-state index is -0.208. The van der Waals surface area contributed by atoms with E-state index in [1.165, 1.54) is 0 Å². The SMILES string of the molecule is CCOC(=O)[C@H]1CCCN(C(=O)c2ccc(OC)cc2)C1. The molecule has 21 heavy (non-hydrogen) atoms. The third-order valence-electron chi connectivity index (χ3n) is 3.67. The number of benzene rings is 1. The first kappa shape index (κ1) is 15.4. The Bertz CT molecular complexity index is 498. The molecule has 1 aromatic carbocycles. The molecule has 1 aromatic rings. The van der Waals surface area contributed by atoms with Gasteiger partial charge in [0.05, 0.1) is 19.6 Å². The first-order valence-electron chi connectivity index (χ1n) is 7.25. The molecule has 1 atom stereocenters. The van der Waals surface area contributed by atoms with Crippen molar-refractivity contribution in [3.05, 3.63) is 29.8 Å². The molecular formula is C16H21NO4. The van der Waals surface area contributed by atoms with Crippen LogP contribution in [0.4, 0.5) is 0 Å². The van der Waals surface area contributed by atoms with Gasteiger partial charge in [0.1, 0.15) is 5.75 Å². The minimum absolute atomic E-state index is 0.0494. The van der Waals surface area contributed by atoms with Gasteiger partial charge in [-0.2, -0.15) is 0 Å². The molecule has 1 saturated heterocycles. The van der Waals surface area contributed by atoms with Gasteiger partial charge in [0.2, 0.25) is 0 Å². The monoisotopic (exact) mass is 291 g/mol. The van der Waals surface area contributed by atoms with Crippen LogP contribution in [-0.2, 0) is 9.53 Å². The quantitative estimate of drug-likeness (QED) is 0.797. The van der Waals surface area contributed by atoms with Crippen molar-refractivity contribution in [3.8, 4) is 5.75 Å². The molecule has 5 nitrogen and oxygen atoms in total. The number of ether oxygens (including phenoxy) is 2. The van der Waals surface area contributed by atoms with Crippen molar-refractivity contribution in [3.63, 3.8) is 0 Å². The Morgan fingerprint density at radius 2 is 2.00 bits per heavy atom. The van der Waals surface area contributed by atoms with Crippen LogP contribution >= 0.6 is 0 Å². The molecule has 1 aliphatic heterocycles. The summed E-state index contributed by atoms with van der Waals surface area (Å²) in [7, 11) is 1.59. The summed E-state index contributed by atoms with van der Waals surface area (Å²) in [6, 6.07) is 7.02. The number of carbonyl (C=O) groups excluding carboxylic acids is 2. The molecule has 0 aromatic heterocycles. The fourth-order valence-electron chi connectivity index (χ4n) is 2.53. The van der Waals surface area contributed by atoms with Crippen LogP contribution in [0.5, 0.6) is 5.75 Å². The molecule has 0 N–H and O–H groups in total. The van der Waals surface area contributed by atoms with Crippen molar-refractivity contribution in [2.24, 2.45) is 5.92 Å². The van der Waals surface area contributed by atoms with E-state index < -0.39 is 0 Å². The maximum atomic E-state index is 12.5. The summed E-state index contributed by atoms with van der Waals surface area (Å²) in [5, 5.41) is 0. The van der Waals surface area contributed by atoms with Crippen LogP contribution < -0.4 is 4.74 Å². The standard InChI is InChI=1S/C16H21NO4/c1-3-21-16(19)13-5-4-10-17(11-13)15(18)12-6-8-14(20-2)9-7-12/h6-9,13H,3-5,10-11H2,1-2H3/t13-/m0/s1. The number of piperidine rings is 1. The van der Waals surface area contributed by atoms with Crippen molar-refractivity contribution in [2.75, 3.05) is 26.8 Å². The zero-order chi connectivity index (χ0) is 15.2. The number of amides is 1. The van der Waals surface area contributed by atoms with E-state index in [1.54, 1.807) is 43.2 Å². The molecule has 2 rings (SSSR count). The Morgan fingerprint density at radius 3 is 2.62 bits per heavy atom. The lowest BCUT2D eigenvalue weighted by molar-refractivity contribution is -0.149. The van der Waals surface area contributed by atoms with Gasteiger partial charge in [-0.1, -0.05) is 0 Å². The molecule has 0 saturated carbocycles. The van der Waals surface area contributed by atoms with Gasteiger partial charge in [-0.25, -0.2) is 0 Å². The number of hydrogen-bond acceptors (Lipinski definition) is 4. The fraction of sp³-hybridized carbons (Fsp3) is 0.500. The van der Waals surface area contributed by atoms with Gasteiger partial charge >= 0.3 is 5.97 Å². The maximum absolute atomic E-state index is 12.5. The Kier molecular flexibility index (Phi) is 5.20. The lowest BCUT2D eigenvalue weighted by Crippen LogP contribution is -2.42.